The number of nitrogens with one attached hydrogen (secondary N) is 1. The summed E-state index contributed by atoms with van der Waals surface area (Å²) >= 11 is 0. The molecule has 0 aliphatic rings. The van der Waals surface area contributed by atoms with Gasteiger partial charge in [0.05, 0.1) is 17.6 Å². The fourth-order valence-electron chi connectivity index (χ4n) is 1.96. The molecule has 2 aromatic rings. The molecule has 0 radical (unpaired) electrons. The molecule has 0 unspecified atom stereocenters. The van der Waals surface area contributed by atoms with Crippen LogP contribution in [0.25, 0.3) is 5.69 Å². The zero-order valence-corrected chi connectivity index (χ0v) is 11.1. The average Bonchev–Trinajstić information content (AvgIpc) is 2.92. The van der Waals surface area contributed by atoms with Gasteiger partial charge in [0.15, 0.2) is 0 Å². The third kappa shape index (κ3) is 3.39. The van der Waals surface area contributed by atoms with E-state index in [9.17, 15) is 13.2 Å². The van der Waals surface area contributed by atoms with Gasteiger partial charge in [0, 0.05) is 18.9 Å². The third-order valence-corrected chi connectivity index (χ3v) is 2.90. The summed E-state index contributed by atoms with van der Waals surface area (Å²) in [6.07, 6.45) is 0.871. The molecule has 0 atom stereocenters. The molecule has 0 aliphatic heterocycles. The van der Waals surface area contributed by atoms with Crippen LogP contribution in [0.4, 0.5) is 13.2 Å². The monoisotopic (exact) mass is 283 g/mol. The molecule has 6 heteroatoms. The number of rotatable bonds is 5. The first-order valence-electron chi connectivity index (χ1n) is 6.41. The van der Waals surface area contributed by atoms with Crippen LogP contribution in [0.15, 0.2) is 36.9 Å². The van der Waals surface area contributed by atoms with Crippen molar-refractivity contribution in [3.8, 4) is 5.69 Å². The van der Waals surface area contributed by atoms with Crippen molar-refractivity contribution in [2.75, 3.05) is 6.54 Å². The van der Waals surface area contributed by atoms with Crippen LogP contribution < -0.4 is 5.32 Å². The summed E-state index contributed by atoms with van der Waals surface area (Å²) in [7, 11) is 0. The first-order chi connectivity index (χ1) is 9.52. The molecule has 20 heavy (non-hydrogen) atoms. The molecule has 0 amide bonds. The highest BCUT2D eigenvalue weighted by Gasteiger charge is 2.34. The summed E-state index contributed by atoms with van der Waals surface area (Å²) in [6, 6.07) is 4.37. The molecule has 1 aromatic heterocycles. The highest BCUT2D eigenvalue weighted by molar-refractivity contribution is 5.45. The molecule has 0 spiro atoms. The lowest BCUT2D eigenvalue weighted by Gasteiger charge is -2.15. The van der Waals surface area contributed by atoms with Crippen LogP contribution in [0, 0.1) is 0 Å². The van der Waals surface area contributed by atoms with Gasteiger partial charge in [0.25, 0.3) is 0 Å². The van der Waals surface area contributed by atoms with Crippen LogP contribution in [-0.4, -0.2) is 16.1 Å². The van der Waals surface area contributed by atoms with Crippen LogP contribution in [0.2, 0.25) is 0 Å². The highest BCUT2D eigenvalue weighted by Crippen LogP contribution is 2.34. The Morgan fingerprint density at radius 2 is 2.10 bits per heavy atom. The molecule has 0 bridgehead atoms. The Balaban J connectivity index is 2.34. The lowest BCUT2D eigenvalue weighted by Crippen LogP contribution is -2.16. The predicted octanol–water partition coefficient (Wildman–Crippen LogP) is 3.39. The molecule has 0 saturated carbocycles. The summed E-state index contributed by atoms with van der Waals surface area (Å²) in [5, 5.41) is 3.10. The maximum atomic E-state index is 13.2. The first kappa shape index (κ1) is 14.6. The fraction of sp³-hybridized carbons (Fsp3) is 0.357. The van der Waals surface area contributed by atoms with E-state index < -0.39 is 11.7 Å². The van der Waals surface area contributed by atoms with Crippen molar-refractivity contribution >= 4 is 0 Å². The lowest BCUT2D eigenvalue weighted by atomic mass is 10.1. The van der Waals surface area contributed by atoms with Gasteiger partial charge in [-0.25, -0.2) is 4.98 Å². The van der Waals surface area contributed by atoms with Crippen molar-refractivity contribution in [1.82, 2.24) is 14.9 Å². The molecule has 108 valence electrons. The molecule has 1 heterocycles. The lowest BCUT2D eigenvalue weighted by molar-refractivity contribution is -0.137. The number of nitrogens with zero attached hydrogens (tertiary/aromatic N) is 2. The second-order valence-corrected chi connectivity index (χ2v) is 4.50. The minimum atomic E-state index is -4.39. The normalized spacial score (nSPS) is 11.8. The van der Waals surface area contributed by atoms with Crippen molar-refractivity contribution in [3.05, 3.63) is 48.0 Å². The number of benzene rings is 1. The summed E-state index contributed by atoms with van der Waals surface area (Å²) in [5.41, 5.74) is 0.0650. The first-order valence-corrected chi connectivity index (χ1v) is 6.41. The predicted molar refractivity (Wildman–Crippen MR) is 70.6 cm³/mol. The van der Waals surface area contributed by atoms with Crippen molar-refractivity contribution in [3.63, 3.8) is 0 Å². The Labute approximate surface area is 115 Å². The Bertz CT molecular complexity index is 547. The molecule has 1 N–H and O–H groups in total. The molecular formula is C14H16F3N3. The molecule has 0 saturated heterocycles. The number of hydrogen-bond donors (Lipinski definition) is 1. The van der Waals surface area contributed by atoms with E-state index >= 15 is 0 Å². The standard InChI is InChI=1S/C14H16F3N3/c1-2-5-18-9-11-3-4-13(20-7-6-19-10-20)12(8-11)14(15,16)17/h3-4,6-8,10,18H,2,5,9H2,1H3. The van der Waals surface area contributed by atoms with Crippen LogP contribution in [0.3, 0.4) is 0 Å². The van der Waals surface area contributed by atoms with E-state index in [1.807, 2.05) is 6.92 Å². The number of aromatic nitrogens is 2. The van der Waals surface area contributed by atoms with E-state index in [1.165, 1.54) is 35.4 Å². The maximum Gasteiger partial charge on any atom is 0.418 e. The number of halogens is 3. The minimum Gasteiger partial charge on any atom is -0.313 e. The van der Waals surface area contributed by atoms with Gasteiger partial charge >= 0.3 is 6.18 Å². The van der Waals surface area contributed by atoms with Crippen LogP contribution >= 0.6 is 0 Å². The Morgan fingerprint density at radius 3 is 2.70 bits per heavy atom. The van der Waals surface area contributed by atoms with E-state index in [2.05, 4.69) is 10.3 Å². The minimum absolute atomic E-state index is 0.0919. The largest absolute Gasteiger partial charge is 0.418 e. The molecule has 3 nitrogen and oxygen atoms in total. The van der Waals surface area contributed by atoms with Crippen LogP contribution in [-0.2, 0) is 12.7 Å². The van der Waals surface area contributed by atoms with Crippen LogP contribution in [0.5, 0.6) is 0 Å². The maximum absolute atomic E-state index is 13.2. The number of imidazole rings is 1. The van der Waals surface area contributed by atoms with Crippen molar-refractivity contribution in [1.29, 1.82) is 0 Å². The van der Waals surface area contributed by atoms with Crippen molar-refractivity contribution < 1.29 is 13.2 Å². The van der Waals surface area contributed by atoms with Gasteiger partial charge in [-0.15, -0.1) is 0 Å². The van der Waals surface area contributed by atoms with E-state index in [4.69, 9.17) is 0 Å². The smallest absolute Gasteiger partial charge is 0.313 e. The van der Waals surface area contributed by atoms with E-state index in [0.29, 0.717) is 12.1 Å². The Kier molecular flexibility index (Phi) is 4.44. The number of hydrogen-bond acceptors (Lipinski definition) is 2. The van der Waals surface area contributed by atoms with Gasteiger partial charge in [-0.2, -0.15) is 13.2 Å². The third-order valence-electron chi connectivity index (χ3n) is 2.90. The van der Waals surface area contributed by atoms with Gasteiger partial charge in [-0.1, -0.05) is 13.0 Å². The highest BCUT2D eigenvalue weighted by atomic mass is 19.4. The molecule has 1 aromatic carbocycles. The van der Waals surface area contributed by atoms with Crippen molar-refractivity contribution in [2.24, 2.45) is 0 Å². The average molecular weight is 283 g/mol. The number of alkyl halides is 3. The van der Waals surface area contributed by atoms with Gasteiger partial charge in [0.2, 0.25) is 0 Å². The molecule has 2 rings (SSSR count). The molecular weight excluding hydrogens is 267 g/mol. The van der Waals surface area contributed by atoms with Gasteiger partial charge < -0.3 is 9.88 Å². The molecule has 0 fully saturated rings. The second-order valence-electron chi connectivity index (χ2n) is 4.50. The summed E-state index contributed by atoms with van der Waals surface area (Å²) in [6.45, 7) is 3.22. The topological polar surface area (TPSA) is 29.9 Å². The van der Waals surface area contributed by atoms with E-state index in [1.54, 1.807) is 6.07 Å². The van der Waals surface area contributed by atoms with Gasteiger partial charge in [-0.05, 0) is 30.7 Å². The van der Waals surface area contributed by atoms with Crippen molar-refractivity contribution in [2.45, 2.75) is 26.1 Å². The zero-order valence-electron chi connectivity index (χ0n) is 11.1. The van der Waals surface area contributed by atoms with Gasteiger partial charge in [-0.3, -0.25) is 0 Å². The quantitative estimate of drug-likeness (QED) is 0.852. The van der Waals surface area contributed by atoms with E-state index in [0.717, 1.165) is 13.0 Å². The fourth-order valence-corrected chi connectivity index (χ4v) is 1.96. The van der Waals surface area contributed by atoms with Gasteiger partial charge in [0.1, 0.15) is 0 Å². The summed E-state index contributed by atoms with van der Waals surface area (Å²) in [5.74, 6) is 0. The molecule has 0 aliphatic carbocycles. The summed E-state index contributed by atoms with van der Waals surface area (Å²) in [4.78, 5) is 3.79. The van der Waals surface area contributed by atoms with Crippen LogP contribution in [0.1, 0.15) is 24.5 Å². The Morgan fingerprint density at radius 1 is 1.30 bits per heavy atom. The SMILES string of the molecule is CCCNCc1ccc(-n2ccnc2)c(C(F)(F)F)c1. The Hall–Kier alpha value is -1.82. The second kappa shape index (κ2) is 6.09. The van der Waals surface area contributed by atoms with E-state index in [-0.39, 0.29) is 5.69 Å². The zero-order chi connectivity index (χ0) is 14.6. The summed E-state index contributed by atoms with van der Waals surface area (Å²) < 4.78 is 40.8.